The lowest BCUT2D eigenvalue weighted by atomic mass is 9.55. The fourth-order valence-electron chi connectivity index (χ4n) is 7.40. The highest BCUT2D eigenvalue weighted by atomic mass is 16.3. The molecule has 39 heavy (non-hydrogen) atoms. The summed E-state index contributed by atoms with van der Waals surface area (Å²) in [5.74, 6) is 1.41. The lowest BCUT2D eigenvalue weighted by Gasteiger charge is -2.59. The summed E-state index contributed by atoms with van der Waals surface area (Å²) < 4.78 is 0. The predicted octanol–water partition coefficient (Wildman–Crippen LogP) is 5.98. The highest BCUT2D eigenvalue weighted by Gasteiger charge is 2.58. The van der Waals surface area contributed by atoms with Crippen molar-refractivity contribution in [2.24, 2.45) is 11.8 Å². The van der Waals surface area contributed by atoms with E-state index in [0.717, 1.165) is 53.7 Å². The SMILES string of the molecule is CC(C)CN(C(=O)c1ccc2ccccc2c1)[C@H]1CC[C@]2(O)CN(CC3CC3)CC[C@@]2(c2cccc(O)c2)C1. The quantitative estimate of drug-likeness (QED) is 0.398. The number of fused-ring (bicyclic) bond motifs is 2. The number of likely N-dealkylation sites (tertiary alicyclic amines) is 1. The molecule has 1 saturated heterocycles. The molecule has 3 aromatic carbocycles. The van der Waals surface area contributed by atoms with Gasteiger partial charge in [0.25, 0.3) is 5.91 Å². The molecule has 206 valence electrons. The molecule has 0 radical (unpaired) electrons. The van der Waals surface area contributed by atoms with Crippen molar-refractivity contribution < 1.29 is 15.0 Å². The van der Waals surface area contributed by atoms with Crippen molar-refractivity contribution in [3.05, 3.63) is 77.9 Å². The first-order valence-corrected chi connectivity index (χ1v) is 14.8. The van der Waals surface area contributed by atoms with Gasteiger partial charge in [0.1, 0.15) is 5.75 Å². The average Bonchev–Trinajstić information content (AvgIpc) is 3.74. The van der Waals surface area contributed by atoms with Gasteiger partial charge in [-0.3, -0.25) is 4.79 Å². The van der Waals surface area contributed by atoms with Crippen molar-refractivity contribution in [1.29, 1.82) is 0 Å². The molecule has 3 atom stereocenters. The van der Waals surface area contributed by atoms with E-state index in [0.29, 0.717) is 31.8 Å². The van der Waals surface area contributed by atoms with Crippen molar-refractivity contribution in [2.75, 3.05) is 26.2 Å². The molecule has 1 amide bonds. The van der Waals surface area contributed by atoms with E-state index < -0.39 is 11.0 Å². The summed E-state index contributed by atoms with van der Waals surface area (Å²) >= 11 is 0. The summed E-state index contributed by atoms with van der Waals surface area (Å²) in [7, 11) is 0. The Morgan fingerprint density at radius 3 is 2.54 bits per heavy atom. The zero-order valence-electron chi connectivity index (χ0n) is 23.4. The number of phenols is 1. The second kappa shape index (κ2) is 10.3. The Balaban J connectivity index is 1.35. The van der Waals surface area contributed by atoms with Crippen molar-refractivity contribution in [2.45, 2.75) is 69.4 Å². The summed E-state index contributed by atoms with van der Waals surface area (Å²) in [6.07, 6.45) is 5.56. The number of phenolic OH excluding ortho intramolecular Hbond substituents is 1. The molecule has 1 heterocycles. The third-order valence-electron chi connectivity index (χ3n) is 9.58. The van der Waals surface area contributed by atoms with E-state index in [1.807, 2.05) is 42.5 Å². The highest BCUT2D eigenvalue weighted by molar-refractivity contribution is 5.98. The van der Waals surface area contributed by atoms with Gasteiger partial charge in [0.15, 0.2) is 0 Å². The van der Waals surface area contributed by atoms with Crippen LogP contribution in [-0.4, -0.2) is 63.7 Å². The normalized spacial score (nSPS) is 27.4. The van der Waals surface area contributed by atoms with Crippen LogP contribution in [-0.2, 0) is 5.41 Å². The van der Waals surface area contributed by atoms with Crippen LogP contribution in [0.15, 0.2) is 66.7 Å². The number of benzene rings is 3. The zero-order chi connectivity index (χ0) is 27.2. The highest BCUT2D eigenvalue weighted by Crippen LogP contribution is 2.53. The molecule has 5 nitrogen and oxygen atoms in total. The monoisotopic (exact) mass is 526 g/mol. The molecule has 1 aliphatic heterocycles. The van der Waals surface area contributed by atoms with Gasteiger partial charge in [-0.25, -0.2) is 0 Å². The minimum Gasteiger partial charge on any atom is -0.508 e. The third-order valence-corrected chi connectivity index (χ3v) is 9.58. The number of aromatic hydroxyl groups is 1. The van der Waals surface area contributed by atoms with Crippen molar-refractivity contribution in [1.82, 2.24) is 9.80 Å². The maximum atomic E-state index is 14.2. The van der Waals surface area contributed by atoms with Crippen molar-refractivity contribution in [3.63, 3.8) is 0 Å². The Morgan fingerprint density at radius 2 is 1.79 bits per heavy atom. The number of aliphatic hydroxyl groups is 1. The Bertz CT molecular complexity index is 1350. The van der Waals surface area contributed by atoms with Crippen LogP contribution in [0.2, 0.25) is 0 Å². The minimum atomic E-state index is -0.889. The molecule has 5 heteroatoms. The second-order valence-corrected chi connectivity index (χ2v) is 12.9. The van der Waals surface area contributed by atoms with Crippen molar-refractivity contribution >= 4 is 16.7 Å². The summed E-state index contributed by atoms with van der Waals surface area (Å²) in [6.45, 7) is 7.68. The maximum absolute atomic E-state index is 14.2. The number of rotatable bonds is 7. The number of piperidine rings is 1. The summed E-state index contributed by atoms with van der Waals surface area (Å²) in [5, 5.41) is 25.1. The van der Waals surface area contributed by atoms with E-state index >= 15 is 0 Å². The van der Waals surface area contributed by atoms with E-state index in [-0.39, 0.29) is 17.7 Å². The zero-order valence-corrected chi connectivity index (χ0v) is 23.4. The molecule has 2 aliphatic carbocycles. The van der Waals surface area contributed by atoms with E-state index in [1.54, 1.807) is 6.07 Å². The van der Waals surface area contributed by atoms with E-state index in [2.05, 4.69) is 41.8 Å². The van der Waals surface area contributed by atoms with Gasteiger partial charge in [-0.15, -0.1) is 0 Å². The topological polar surface area (TPSA) is 64.0 Å². The molecule has 2 saturated carbocycles. The maximum Gasteiger partial charge on any atom is 0.254 e. The molecule has 3 fully saturated rings. The summed E-state index contributed by atoms with van der Waals surface area (Å²) in [5.41, 5.74) is 0.331. The molecule has 0 unspecified atom stereocenters. The van der Waals surface area contributed by atoms with Gasteiger partial charge in [0.2, 0.25) is 0 Å². The van der Waals surface area contributed by atoms with Crippen molar-refractivity contribution in [3.8, 4) is 5.75 Å². The molecule has 3 aliphatic rings. The van der Waals surface area contributed by atoms with Crippen LogP contribution in [0.5, 0.6) is 5.75 Å². The number of hydrogen-bond acceptors (Lipinski definition) is 4. The first-order valence-electron chi connectivity index (χ1n) is 14.8. The Labute approximate surface area is 232 Å². The van der Waals surface area contributed by atoms with Gasteiger partial charge >= 0.3 is 0 Å². The molecule has 0 bridgehead atoms. The van der Waals surface area contributed by atoms with Gasteiger partial charge in [-0.2, -0.15) is 0 Å². The first-order chi connectivity index (χ1) is 18.8. The number of amides is 1. The molecule has 0 aromatic heterocycles. The number of hydrogen-bond donors (Lipinski definition) is 2. The lowest BCUT2D eigenvalue weighted by Crippen LogP contribution is -2.67. The molecule has 0 spiro atoms. The Hall–Kier alpha value is -2.89. The van der Waals surface area contributed by atoms with Crippen LogP contribution >= 0.6 is 0 Å². The largest absolute Gasteiger partial charge is 0.508 e. The van der Waals surface area contributed by atoms with Crippen LogP contribution in [0.4, 0.5) is 0 Å². The van der Waals surface area contributed by atoms with Gasteiger partial charge in [0, 0.05) is 36.7 Å². The summed E-state index contributed by atoms with van der Waals surface area (Å²) in [6, 6.07) is 21.7. The first kappa shape index (κ1) is 26.3. The van der Waals surface area contributed by atoms with E-state index in [1.165, 1.54) is 12.8 Å². The Morgan fingerprint density at radius 1 is 1.00 bits per heavy atom. The lowest BCUT2D eigenvalue weighted by molar-refractivity contribution is -0.133. The van der Waals surface area contributed by atoms with Crippen LogP contribution in [0.3, 0.4) is 0 Å². The fourth-order valence-corrected chi connectivity index (χ4v) is 7.40. The number of carbonyl (C=O) groups is 1. The van der Waals surface area contributed by atoms with Crippen LogP contribution in [0, 0.1) is 11.8 Å². The Kier molecular flexibility index (Phi) is 6.93. The molecule has 2 N–H and O–H groups in total. The minimum absolute atomic E-state index is 0.0176. The average molecular weight is 527 g/mol. The number of β-amino-alcohol motifs (C(OH)–C–C–N with tert-alkyl or cyclic N) is 1. The standard InChI is InChI=1S/C34H42N2O3/c1-24(2)21-36(32(38)28-13-12-26-6-3-4-7-27(26)18-28)30-14-15-34(39)23-35(22-25-10-11-25)17-16-33(34,20-30)29-8-5-9-31(37)19-29/h3-9,12-13,18-19,24-25,30,37,39H,10-11,14-17,20-23H2,1-2H3/t30-,33-,34-/m0/s1. The third kappa shape index (κ3) is 5.07. The molecule has 3 aromatic rings. The van der Waals surface area contributed by atoms with Gasteiger partial charge in [0.05, 0.1) is 5.60 Å². The summed E-state index contributed by atoms with van der Waals surface area (Å²) in [4.78, 5) is 18.7. The van der Waals surface area contributed by atoms with Gasteiger partial charge in [-0.1, -0.05) is 56.3 Å². The molecular formula is C34H42N2O3. The van der Waals surface area contributed by atoms with E-state index in [4.69, 9.17) is 0 Å². The van der Waals surface area contributed by atoms with Gasteiger partial charge in [-0.05, 0) is 97.5 Å². The van der Waals surface area contributed by atoms with Crippen LogP contribution in [0.1, 0.15) is 68.3 Å². The predicted molar refractivity (Wildman–Crippen MR) is 156 cm³/mol. The number of carbonyl (C=O) groups excluding carboxylic acids is 1. The van der Waals surface area contributed by atoms with Gasteiger partial charge < -0.3 is 20.0 Å². The fraction of sp³-hybridized carbons (Fsp3) is 0.500. The smallest absolute Gasteiger partial charge is 0.254 e. The second-order valence-electron chi connectivity index (χ2n) is 12.9. The van der Waals surface area contributed by atoms with Crippen LogP contribution < -0.4 is 0 Å². The molecule has 6 rings (SSSR count). The van der Waals surface area contributed by atoms with E-state index in [9.17, 15) is 15.0 Å². The molecular weight excluding hydrogens is 484 g/mol. The number of nitrogens with zero attached hydrogens (tertiary/aromatic N) is 2. The van der Waals surface area contributed by atoms with Crippen LogP contribution in [0.25, 0.3) is 10.8 Å².